The van der Waals surface area contributed by atoms with Crippen molar-refractivity contribution in [3.05, 3.63) is 71.9 Å². The lowest BCUT2D eigenvalue weighted by molar-refractivity contribution is -0.150. The van der Waals surface area contributed by atoms with Crippen molar-refractivity contribution in [2.75, 3.05) is 19.8 Å². The molecule has 154 valence electrons. The maximum Gasteiger partial charge on any atom is 0.231 e. The molecule has 5 rings (SSSR count). The molecular weight excluding hydrogens is 383 g/mol. The van der Waals surface area contributed by atoms with Crippen LogP contribution in [-0.4, -0.2) is 45.6 Å². The van der Waals surface area contributed by atoms with Crippen molar-refractivity contribution in [2.45, 2.75) is 31.2 Å². The van der Waals surface area contributed by atoms with Crippen LogP contribution in [0.5, 0.6) is 0 Å². The zero-order valence-electron chi connectivity index (χ0n) is 16.6. The van der Waals surface area contributed by atoms with Gasteiger partial charge < -0.3 is 9.42 Å². The maximum absolute atomic E-state index is 13.1. The first-order valence-electron chi connectivity index (χ1n) is 10.3. The number of likely N-dealkylation sites (tertiary alicyclic amines) is 2. The predicted octanol–water partition coefficient (Wildman–Crippen LogP) is 3.99. The zero-order valence-corrected chi connectivity index (χ0v) is 16.6. The van der Waals surface area contributed by atoms with Crippen molar-refractivity contribution in [1.82, 2.24) is 19.9 Å². The molecule has 3 aromatic rings. The molecule has 2 aliphatic heterocycles. The third kappa shape index (κ3) is 3.73. The Kier molecular flexibility index (Phi) is 5.04. The number of amides is 1. The van der Waals surface area contributed by atoms with Gasteiger partial charge in [0.15, 0.2) is 0 Å². The van der Waals surface area contributed by atoms with Crippen molar-refractivity contribution >= 4 is 5.91 Å². The van der Waals surface area contributed by atoms with Gasteiger partial charge in [0.25, 0.3) is 0 Å². The zero-order chi connectivity index (χ0) is 20.5. The number of benzene rings is 2. The number of hydrogen-bond acceptors (Lipinski definition) is 5. The Morgan fingerprint density at radius 1 is 1.10 bits per heavy atom. The normalized spacial score (nSPS) is 22.2. The Hall–Kier alpha value is -3.06. The summed E-state index contributed by atoms with van der Waals surface area (Å²) in [5.41, 5.74) is 1.92. The molecule has 1 aromatic heterocycles. The standard InChI is InChI=1S/C23H23FN4O2/c24-19-10-8-17(9-11-19)22-25-23(30-26-22)18-7-4-12-27(14-18)15-28-20(13-21(28)29)16-5-2-1-3-6-16/h1-3,5-6,8-11,18,20H,4,7,12-15H2. The highest BCUT2D eigenvalue weighted by atomic mass is 19.1. The number of nitrogens with zero attached hydrogens (tertiary/aromatic N) is 4. The molecule has 0 bridgehead atoms. The molecule has 2 saturated heterocycles. The van der Waals surface area contributed by atoms with Gasteiger partial charge in [-0.15, -0.1) is 0 Å². The largest absolute Gasteiger partial charge is 0.339 e. The fraction of sp³-hybridized carbons (Fsp3) is 0.348. The van der Waals surface area contributed by atoms with Crippen LogP contribution in [0.4, 0.5) is 4.39 Å². The highest BCUT2D eigenvalue weighted by molar-refractivity contribution is 5.83. The third-order valence-corrected chi connectivity index (χ3v) is 6.00. The quantitative estimate of drug-likeness (QED) is 0.600. The van der Waals surface area contributed by atoms with E-state index in [1.807, 2.05) is 23.1 Å². The van der Waals surface area contributed by atoms with Gasteiger partial charge in [0, 0.05) is 12.1 Å². The van der Waals surface area contributed by atoms with E-state index >= 15 is 0 Å². The molecule has 2 aliphatic rings. The minimum atomic E-state index is -0.292. The number of carbonyl (C=O) groups is 1. The number of aromatic nitrogens is 2. The molecule has 0 radical (unpaired) electrons. The third-order valence-electron chi connectivity index (χ3n) is 6.00. The van der Waals surface area contributed by atoms with Crippen LogP contribution in [0.2, 0.25) is 0 Å². The topological polar surface area (TPSA) is 62.5 Å². The van der Waals surface area contributed by atoms with Gasteiger partial charge in [0.2, 0.25) is 17.6 Å². The summed E-state index contributed by atoms with van der Waals surface area (Å²) in [6.07, 6.45) is 2.56. The van der Waals surface area contributed by atoms with E-state index < -0.39 is 0 Å². The lowest BCUT2D eigenvalue weighted by Crippen LogP contribution is -2.53. The smallest absolute Gasteiger partial charge is 0.231 e. The van der Waals surface area contributed by atoms with Gasteiger partial charge in [-0.3, -0.25) is 9.69 Å². The molecule has 0 N–H and O–H groups in total. The van der Waals surface area contributed by atoms with Crippen molar-refractivity contribution in [3.8, 4) is 11.4 Å². The summed E-state index contributed by atoms with van der Waals surface area (Å²) < 4.78 is 18.7. The fourth-order valence-corrected chi connectivity index (χ4v) is 4.32. The van der Waals surface area contributed by atoms with Crippen LogP contribution in [0.15, 0.2) is 59.1 Å². The molecule has 2 aromatic carbocycles. The van der Waals surface area contributed by atoms with Gasteiger partial charge in [-0.2, -0.15) is 4.98 Å². The van der Waals surface area contributed by atoms with Crippen LogP contribution >= 0.6 is 0 Å². The first-order valence-corrected chi connectivity index (χ1v) is 10.3. The number of hydrogen-bond donors (Lipinski definition) is 0. The summed E-state index contributed by atoms with van der Waals surface area (Å²) in [5.74, 6) is 1.12. The van der Waals surface area contributed by atoms with Crippen molar-refractivity contribution in [2.24, 2.45) is 0 Å². The van der Waals surface area contributed by atoms with E-state index in [1.54, 1.807) is 12.1 Å². The van der Waals surface area contributed by atoms with E-state index in [9.17, 15) is 9.18 Å². The second-order valence-corrected chi connectivity index (χ2v) is 8.01. The minimum Gasteiger partial charge on any atom is -0.339 e. The fourth-order valence-electron chi connectivity index (χ4n) is 4.32. The van der Waals surface area contributed by atoms with Crippen LogP contribution < -0.4 is 0 Å². The summed E-state index contributed by atoms with van der Waals surface area (Å²) in [5, 5.41) is 4.08. The van der Waals surface area contributed by atoms with Crippen LogP contribution in [0, 0.1) is 5.82 Å². The Bertz CT molecular complexity index is 1020. The van der Waals surface area contributed by atoms with Crippen molar-refractivity contribution in [1.29, 1.82) is 0 Å². The molecule has 0 saturated carbocycles. The van der Waals surface area contributed by atoms with Crippen LogP contribution in [0.25, 0.3) is 11.4 Å². The highest BCUT2D eigenvalue weighted by Gasteiger charge is 2.38. The monoisotopic (exact) mass is 406 g/mol. The molecule has 3 heterocycles. The molecule has 0 aliphatic carbocycles. The Morgan fingerprint density at radius 3 is 2.67 bits per heavy atom. The van der Waals surface area contributed by atoms with Gasteiger partial charge in [-0.05, 0) is 49.2 Å². The number of halogens is 1. The Balaban J connectivity index is 1.25. The summed E-state index contributed by atoms with van der Waals surface area (Å²) >= 11 is 0. The van der Waals surface area contributed by atoms with E-state index in [0.717, 1.165) is 31.5 Å². The van der Waals surface area contributed by atoms with Gasteiger partial charge in [-0.25, -0.2) is 4.39 Å². The Labute approximate surface area is 174 Å². The first-order chi connectivity index (χ1) is 14.7. The molecule has 2 fully saturated rings. The number of piperidine rings is 1. The van der Waals surface area contributed by atoms with Crippen LogP contribution in [-0.2, 0) is 4.79 Å². The molecule has 6 nitrogen and oxygen atoms in total. The average molecular weight is 406 g/mol. The van der Waals surface area contributed by atoms with Gasteiger partial charge in [0.1, 0.15) is 5.82 Å². The van der Waals surface area contributed by atoms with Gasteiger partial charge in [0.05, 0.1) is 25.0 Å². The molecular formula is C23H23FN4O2. The van der Waals surface area contributed by atoms with E-state index in [2.05, 4.69) is 27.2 Å². The molecule has 30 heavy (non-hydrogen) atoms. The molecule has 1 amide bonds. The van der Waals surface area contributed by atoms with E-state index in [1.165, 1.54) is 17.7 Å². The minimum absolute atomic E-state index is 0.131. The SMILES string of the molecule is O=C1CC(c2ccccc2)N1CN1CCCC(c2nc(-c3ccc(F)cc3)no2)C1. The number of rotatable bonds is 5. The summed E-state index contributed by atoms with van der Waals surface area (Å²) in [4.78, 5) is 21.1. The van der Waals surface area contributed by atoms with Crippen LogP contribution in [0.1, 0.15) is 42.7 Å². The average Bonchev–Trinajstić information content (AvgIpc) is 3.27. The van der Waals surface area contributed by atoms with E-state index in [-0.39, 0.29) is 23.7 Å². The van der Waals surface area contributed by atoms with E-state index in [0.29, 0.717) is 24.8 Å². The Morgan fingerprint density at radius 2 is 1.90 bits per heavy atom. The van der Waals surface area contributed by atoms with Crippen molar-refractivity contribution < 1.29 is 13.7 Å². The highest BCUT2D eigenvalue weighted by Crippen LogP contribution is 2.35. The van der Waals surface area contributed by atoms with E-state index in [4.69, 9.17) is 4.52 Å². The molecule has 7 heteroatoms. The summed E-state index contributed by atoms with van der Waals surface area (Å²) in [6, 6.07) is 16.4. The van der Waals surface area contributed by atoms with Gasteiger partial charge in [-0.1, -0.05) is 35.5 Å². The molecule has 0 spiro atoms. The molecule has 2 unspecified atom stereocenters. The molecule has 2 atom stereocenters. The second-order valence-electron chi connectivity index (χ2n) is 8.01. The first kappa shape index (κ1) is 18.9. The second kappa shape index (κ2) is 7.99. The predicted molar refractivity (Wildman–Crippen MR) is 109 cm³/mol. The van der Waals surface area contributed by atoms with Crippen molar-refractivity contribution in [3.63, 3.8) is 0 Å². The maximum atomic E-state index is 13.1. The number of carbonyl (C=O) groups excluding carboxylic acids is 1. The number of β-lactam (4-membered cyclic amide) rings is 1. The van der Waals surface area contributed by atoms with Gasteiger partial charge >= 0.3 is 0 Å². The lowest BCUT2D eigenvalue weighted by atomic mass is 9.94. The lowest BCUT2D eigenvalue weighted by Gasteiger charge is -2.45. The van der Waals surface area contributed by atoms with Crippen LogP contribution in [0.3, 0.4) is 0 Å². The summed E-state index contributed by atoms with van der Waals surface area (Å²) in [6.45, 7) is 2.34. The summed E-state index contributed by atoms with van der Waals surface area (Å²) in [7, 11) is 0.